The molecule has 0 saturated heterocycles. The van der Waals surface area contributed by atoms with Crippen LogP contribution < -0.4 is 20.1 Å². The molecule has 0 atom stereocenters. The summed E-state index contributed by atoms with van der Waals surface area (Å²) in [7, 11) is 3.84. The van der Waals surface area contributed by atoms with Crippen LogP contribution in [0.3, 0.4) is 0 Å². The van der Waals surface area contributed by atoms with Crippen LogP contribution in [0.4, 0.5) is 0 Å². The highest BCUT2D eigenvalue weighted by Crippen LogP contribution is 2.17. The third kappa shape index (κ3) is 6.30. The Hall–Kier alpha value is -2.04. The van der Waals surface area contributed by atoms with Gasteiger partial charge in [0.25, 0.3) is 0 Å². The van der Waals surface area contributed by atoms with Gasteiger partial charge in [-0.1, -0.05) is 24.3 Å². The molecule has 23 heavy (non-hydrogen) atoms. The van der Waals surface area contributed by atoms with Crippen molar-refractivity contribution in [3.8, 4) is 11.5 Å². The number of likely N-dealkylation sites (N-methyl/N-ethyl adjacent to an activating group) is 2. The molecule has 124 valence electrons. The maximum absolute atomic E-state index is 5.63. The SMILES string of the molecule is CNCCOc1ccc(Cc2ccc(OCCNC)cc2)cc1. The molecule has 0 saturated carbocycles. The van der Waals surface area contributed by atoms with E-state index in [4.69, 9.17) is 9.47 Å². The van der Waals surface area contributed by atoms with E-state index >= 15 is 0 Å². The van der Waals surface area contributed by atoms with Gasteiger partial charge in [0.05, 0.1) is 0 Å². The van der Waals surface area contributed by atoms with Gasteiger partial charge in [-0.3, -0.25) is 0 Å². The average Bonchev–Trinajstić information content (AvgIpc) is 2.58. The minimum absolute atomic E-state index is 0.685. The standard InChI is InChI=1S/C19H26N2O2/c1-20-11-13-22-18-7-3-16(4-8-18)15-17-5-9-19(10-6-17)23-14-12-21-2/h3-10,20-21H,11-15H2,1-2H3. The molecule has 0 aliphatic carbocycles. The van der Waals surface area contributed by atoms with Crippen LogP contribution in [0, 0.1) is 0 Å². The Bertz CT molecular complexity index is 501. The molecule has 0 spiro atoms. The fourth-order valence-corrected chi connectivity index (χ4v) is 2.18. The number of benzene rings is 2. The largest absolute Gasteiger partial charge is 0.492 e. The van der Waals surface area contributed by atoms with Crippen LogP contribution in [-0.2, 0) is 6.42 Å². The Morgan fingerprint density at radius 2 is 1.04 bits per heavy atom. The summed E-state index contributed by atoms with van der Waals surface area (Å²) in [4.78, 5) is 0. The number of hydrogen-bond acceptors (Lipinski definition) is 4. The monoisotopic (exact) mass is 314 g/mol. The lowest BCUT2D eigenvalue weighted by Crippen LogP contribution is -2.15. The van der Waals surface area contributed by atoms with Crippen LogP contribution in [0.1, 0.15) is 11.1 Å². The molecule has 2 N–H and O–H groups in total. The maximum Gasteiger partial charge on any atom is 0.119 e. The topological polar surface area (TPSA) is 42.5 Å². The summed E-state index contributed by atoms with van der Waals surface area (Å²) < 4.78 is 11.3. The van der Waals surface area contributed by atoms with E-state index in [1.807, 2.05) is 38.4 Å². The van der Waals surface area contributed by atoms with Gasteiger partial charge in [0.1, 0.15) is 24.7 Å². The first-order valence-electron chi connectivity index (χ1n) is 8.04. The van der Waals surface area contributed by atoms with Gasteiger partial charge < -0.3 is 20.1 Å². The molecular weight excluding hydrogens is 288 g/mol. The van der Waals surface area contributed by atoms with E-state index in [1.54, 1.807) is 0 Å². The third-order valence-electron chi connectivity index (χ3n) is 3.50. The number of nitrogens with one attached hydrogen (secondary N) is 2. The van der Waals surface area contributed by atoms with Crippen molar-refractivity contribution < 1.29 is 9.47 Å². The zero-order valence-electron chi connectivity index (χ0n) is 14.0. The molecule has 0 unspecified atom stereocenters. The van der Waals surface area contributed by atoms with Crippen molar-refractivity contribution in [3.63, 3.8) is 0 Å². The molecule has 2 aromatic rings. The predicted molar refractivity (Wildman–Crippen MR) is 94.5 cm³/mol. The summed E-state index contributed by atoms with van der Waals surface area (Å²) in [6.45, 7) is 3.07. The van der Waals surface area contributed by atoms with E-state index < -0.39 is 0 Å². The van der Waals surface area contributed by atoms with Crippen molar-refractivity contribution in [2.24, 2.45) is 0 Å². The Morgan fingerprint density at radius 3 is 1.39 bits per heavy atom. The van der Waals surface area contributed by atoms with Gasteiger partial charge in [-0.15, -0.1) is 0 Å². The Labute approximate surface area is 138 Å². The van der Waals surface area contributed by atoms with E-state index in [1.165, 1.54) is 11.1 Å². The molecular formula is C19H26N2O2. The van der Waals surface area contributed by atoms with E-state index in [2.05, 4.69) is 34.9 Å². The summed E-state index contributed by atoms with van der Waals surface area (Å²) in [6.07, 6.45) is 0.910. The number of hydrogen-bond donors (Lipinski definition) is 2. The van der Waals surface area contributed by atoms with E-state index in [0.29, 0.717) is 13.2 Å². The number of ether oxygens (including phenoxy) is 2. The normalized spacial score (nSPS) is 10.5. The quantitative estimate of drug-likeness (QED) is 0.661. The van der Waals surface area contributed by atoms with Crippen molar-refractivity contribution in [2.75, 3.05) is 40.4 Å². The molecule has 4 heteroatoms. The fourth-order valence-electron chi connectivity index (χ4n) is 2.18. The maximum atomic E-state index is 5.63. The van der Waals surface area contributed by atoms with Gasteiger partial charge in [-0.25, -0.2) is 0 Å². The molecule has 2 aromatic carbocycles. The second-order valence-electron chi connectivity index (χ2n) is 5.37. The summed E-state index contributed by atoms with van der Waals surface area (Å²) in [6, 6.07) is 16.6. The van der Waals surface area contributed by atoms with Crippen molar-refractivity contribution in [1.29, 1.82) is 0 Å². The molecule has 0 fully saturated rings. The highest BCUT2D eigenvalue weighted by Gasteiger charge is 2.00. The van der Waals surface area contributed by atoms with Crippen LogP contribution in [0.15, 0.2) is 48.5 Å². The van der Waals surface area contributed by atoms with E-state index in [9.17, 15) is 0 Å². The van der Waals surface area contributed by atoms with Crippen molar-refractivity contribution in [2.45, 2.75) is 6.42 Å². The lowest BCUT2D eigenvalue weighted by atomic mass is 10.0. The van der Waals surface area contributed by atoms with Crippen LogP contribution in [0.2, 0.25) is 0 Å². The third-order valence-corrected chi connectivity index (χ3v) is 3.50. The highest BCUT2D eigenvalue weighted by molar-refractivity contribution is 5.34. The average molecular weight is 314 g/mol. The number of rotatable bonds is 10. The Balaban J connectivity index is 1.84. The van der Waals surface area contributed by atoms with Crippen LogP contribution in [-0.4, -0.2) is 40.4 Å². The molecule has 0 radical (unpaired) electrons. The molecule has 0 aliphatic heterocycles. The Morgan fingerprint density at radius 1 is 0.652 bits per heavy atom. The first kappa shape index (κ1) is 17.3. The van der Waals surface area contributed by atoms with Gasteiger partial charge in [0, 0.05) is 13.1 Å². The summed E-state index contributed by atoms with van der Waals surface area (Å²) in [5.74, 6) is 1.83. The summed E-state index contributed by atoms with van der Waals surface area (Å²) in [5, 5.41) is 6.13. The summed E-state index contributed by atoms with van der Waals surface area (Å²) >= 11 is 0. The molecule has 0 aliphatic rings. The molecule has 4 nitrogen and oxygen atoms in total. The van der Waals surface area contributed by atoms with Crippen LogP contribution >= 0.6 is 0 Å². The predicted octanol–water partition coefficient (Wildman–Crippen LogP) is 2.47. The summed E-state index contributed by atoms with van der Waals surface area (Å²) in [5.41, 5.74) is 2.55. The van der Waals surface area contributed by atoms with E-state index in [0.717, 1.165) is 31.0 Å². The molecule has 0 amide bonds. The van der Waals surface area contributed by atoms with Gasteiger partial charge in [-0.2, -0.15) is 0 Å². The molecule has 0 bridgehead atoms. The Kier molecular flexibility index (Phi) is 7.43. The molecule has 0 heterocycles. The minimum Gasteiger partial charge on any atom is -0.492 e. The molecule has 2 rings (SSSR count). The second kappa shape index (κ2) is 9.87. The lowest BCUT2D eigenvalue weighted by Gasteiger charge is -2.08. The van der Waals surface area contributed by atoms with Gasteiger partial charge in [0.2, 0.25) is 0 Å². The second-order valence-corrected chi connectivity index (χ2v) is 5.37. The minimum atomic E-state index is 0.685. The smallest absolute Gasteiger partial charge is 0.119 e. The van der Waals surface area contributed by atoms with Crippen molar-refractivity contribution >= 4 is 0 Å². The first-order valence-corrected chi connectivity index (χ1v) is 8.04. The zero-order chi connectivity index (χ0) is 16.3. The van der Waals surface area contributed by atoms with Crippen LogP contribution in [0.25, 0.3) is 0 Å². The van der Waals surface area contributed by atoms with Gasteiger partial charge >= 0.3 is 0 Å². The lowest BCUT2D eigenvalue weighted by molar-refractivity contribution is 0.318. The van der Waals surface area contributed by atoms with Crippen LogP contribution in [0.5, 0.6) is 11.5 Å². The van der Waals surface area contributed by atoms with Crippen molar-refractivity contribution in [1.82, 2.24) is 10.6 Å². The fraction of sp³-hybridized carbons (Fsp3) is 0.368. The zero-order valence-corrected chi connectivity index (χ0v) is 14.0. The van der Waals surface area contributed by atoms with E-state index in [-0.39, 0.29) is 0 Å². The molecule has 0 aromatic heterocycles. The highest BCUT2D eigenvalue weighted by atomic mass is 16.5. The van der Waals surface area contributed by atoms with Gasteiger partial charge in [-0.05, 0) is 55.9 Å². The van der Waals surface area contributed by atoms with Crippen molar-refractivity contribution in [3.05, 3.63) is 59.7 Å². The van der Waals surface area contributed by atoms with Gasteiger partial charge in [0.15, 0.2) is 0 Å². The first-order chi connectivity index (χ1) is 11.3.